The fraction of sp³-hybridized carbons (Fsp3) is 0.611. The summed E-state index contributed by atoms with van der Waals surface area (Å²) < 4.78 is 0. The monoisotopic (exact) mass is 287 g/mol. The van der Waals surface area contributed by atoms with E-state index in [1.54, 1.807) is 0 Å². The highest BCUT2D eigenvalue weighted by molar-refractivity contribution is 5.74. The van der Waals surface area contributed by atoms with Gasteiger partial charge in [0.2, 0.25) is 0 Å². The van der Waals surface area contributed by atoms with Gasteiger partial charge >= 0.3 is 5.97 Å². The number of rotatable bonds is 2. The second-order valence-electron chi connectivity index (χ2n) is 7.61. The predicted molar refractivity (Wildman–Crippen MR) is 83.4 cm³/mol. The summed E-state index contributed by atoms with van der Waals surface area (Å²) in [5.74, 6) is -0.658. The summed E-state index contributed by atoms with van der Waals surface area (Å²) in [6, 6.07) is 9.09. The molecule has 21 heavy (non-hydrogen) atoms. The van der Waals surface area contributed by atoms with Gasteiger partial charge in [-0.2, -0.15) is 0 Å². The quantitative estimate of drug-likeness (QED) is 0.903. The van der Waals surface area contributed by atoms with Crippen molar-refractivity contribution in [2.75, 3.05) is 13.1 Å². The van der Waals surface area contributed by atoms with E-state index in [4.69, 9.17) is 0 Å². The maximum absolute atomic E-state index is 11.5. The molecule has 1 aromatic rings. The third kappa shape index (κ3) is 2.38. The Labute approximate surface area is 127 Å². The van der Waals surface area contributed by atoms with Gasteiger partial charge in [-0.25, -0.2) is 0 Å². The van der Waals surface area contributed by atoms with Crippen molar-refractivity contribution in [1.82, 2.24) is 4.90 Å². The number of carboxylic acids is 1. The van der Waals surface area contributed by atoms with E-state index in [0.717, 1.165) is 25.8 Å². The Bertz CT molecular complexity index is 566. The van der Waals surface area contributed by atoms with Gasteiger partial charge in [0.25, 0.3) is 0 Å². The number of carbonyl (C=O) groups is 1. The molecule has 1 aliphatic heterocycles. The summed E-state index contributed by atoms with van der Waals surface area (Å²) in [4.78, 5) is 13.9. The normalized spacial score (nSPS) is 31.9. The molecule has 3 rings (SSSR count). The van der Waals surface area contributed by atoms with E-state index < -0.39 is 11.4 Å². The zero-order chi connectivity index (χ0) is 15.3. The molecule has 0 aromatic heterocycles. The van der Waals surface area contributed by atoms with Crippen molar-refractivity contribution in [3.63, 3.8) is 0 Å². The van der Waals surface area contributed by atoms with Crippen LogP contribution in [0.1, 0.15) is 57.2 Å². The Hall–Kier alpha value is -1.35. The Balaban J connectivity index is 1.90. The van der Waals surface area contributed by atoms with Gasteiger partial charge < -0.3 is 5.11 Å². The second-order valence-corrected chi connectivity index (χ2v) is 7.61. The largest absolute Gasteiger partial charge is 0.481 e. The molecule has 1 fully saturated rings. The van der Waals surface area contributed by atoms with Gasteiger partial charge in [0.1, 0.15) is 0 Å². The molecule has 1 saturated heterocycles. The maximum atomic E-state index is 11.5. The molecular formula is C18H25NO2. The molecule has 0 radical (unpaired) electrons. The summed E-state index contributed by atoms with van der Waals surface area (Å²) in [6.07, 6.45) is 3.04. The van der Waals surface area contributed by atoms with Crippen LogP contribution in [0.15, 0.2) is 24.3 Å². The molecule has 2 atom stereocenters. The number of fused-ring (bicyclic) bond motifs is 1. The highest BCUT2D eigenvalue weighted by Crippen LogP contribution is 2.46. The number of likely N-dealkylation sites (tertiary alicyclic amines) is 1. The lowest BCUT2D eigenvalue weighted by Gasteiger charge is -2.41. The Kier molecular flexibility index (Phi) is 3.36. The average molecular weight is 287 g/mol. The maximum Gasteiger partial charge on any atom is 0.310 e. The molecular weight excluding hydrogens is 262 g/mol. The van der Waals surface area contributed by atoms with Crippen LogP contribution in [0.25, 0.3) is 0 Å². The van der Waals surface area contributed by atoms with E-state index >= 15 is 0 Å². The lowest BCUT2D eigenvalue weighted by molar-refractivity contribution is -0.147. The highest BCUT2D eigenvalue weighted by atomic mass is 16.4. The molecule has 114 valence electrons. The molecule has 1 aliphatic carbocycles. The lowest BCUT2D eigenvalue weighted by atomic mass is 9.70. The van der Waals surface area contributed by atoms with Gasteiger partial charge in [0, 0.05) is 12.6 Å². The van der Waals surface area contributed by atoms with Crippen LogP contribution in [0.4, 0.5) is 0 Å². The minimum Gasteiger partial charge on any atom is -0.481 e. The first-order chi connectivity index (χ1) is 9.83. The summed E-state index contributed by atoms with van der Waals surface area (Å²) in [6.45, 7) is 8.07. The van der Waals surface area contributed by atoms with Crippen molar-refractivity contribution in [2.45, 2.75) is 51.5 Å². The van der Waals surface area contributed by atoms with Gasteiger partial charge in [-0.05, 0) is 49.3 Å². The third-order valence-electron chi connectivity index (χ3n) is 5.55. The fourth-order valence-electron chi connectivity index (χ4n) is 4.01. The number of benzene rings is 1. The van der Waals surface area contributed by atoms with Crippen molar-refractivity contribution in [3.8, 4) is 0 Å². The van der Waals surface area contributed by atoms with E-state index in [-0.39, 0.29) is 5.41 Å². The highest BCUT2D eigenvalue weighted by Gasteiger charge is 2.44. The van der Waals surface area contributed by atoms with E-state index in [1.165, 1.54) is 11.1 Å². The van der Waals surface area contributed by atoms with Crippen LogP contribution in [0.3, 0.4) is 0 Å². The van der Waals surface area contributed by atoms with Crippen LogP contribution in [-0.4, -0.2) is 29.1 Å². The summed E-state index contributed by atoms with van der Waals surface area (Å²) in [5, 5.41) is 9.44. The van der Waals surface area contributed by atoms with Crippen molar-refractivity contribution in [3.05, 3.63) is 35.4 Å². The predicted octanol–water partition coefficient (Wildman–Crippen LogP) is 3.60. The second kappa shape index (κ2) is 4.84. The molecule has 2 unspecified atom stereocenters. The number of hydrogen-bond acceptors (Lipinski definition) is 2. The molecule has 3 heteroatoms. The van der Waals surface area contributed by atoms with E-state index in [0.29, 0.717) is 12.6 Å². The van der Waals surface area contributed by atoms with Crippen LogP contribution in [0, 0.1) is 5.41 Å². The molecule has 3 nitrogen and oxygen atoms in total. The number of aliphatic carboxylic acids is 1. The van der Waals surface area contributed by atoms with Crippen LogP contribution >= 0.6 is 0 Å². The van der Waals surface area contributed by atoms with Gasteiger partial charge in [0.05, 0.1) is 5.41 Å². The molecule has 0 spiro atoms. The van der Waals surface area contributed by atoms with Gasteiger partial charge in [-0.3, -0.25) is 9.69 Å². The summed E-state index contributed by atoms with van der Waals surface area (Å²) in [7, 11) is 0. The van der Waals surface area contributed by atoms with Gasteiger partial charge in [-0.1, -0.05) is 38.1 Å². The number of hydrogen-bond donors (Lipinski definition) is 1. The molecule has 1 aromatic carbocycles. The molecule has 0 bridgehead atoms. The Morgan fingerprint density at radius 1 is 1.24 bits per heavy atom. The summed E-state index contributed by atoms with van der Waals surface area (Å²) in [5.41, 5.74) is 2.48. The first kappa shape index (κ1) is 14.6. The standard InChI is InChI=1S/C18H25NO2/c1-17(2)9-8-15(13-6-4-5-7-14(13)17)19-11-10-18(3,12-19)16(20)21/h4-7,15H,8-12H2,1-3H3,(H,20,21). The minimum atomic E-state index is -0.658. The SMILES string of the molecule is CC1(C(=O)O)CCN(C2CCC(C)(C)c3ccccc32)C1. The Morgan fingerprint density at radius 2 is 1.95 bits per heavy atom. The van der Waals surface area contributed by atoms with Crippen LogP contribution < -0.4 is 0 Å². The topological polar surface area (TPSA) is 40.5 Å². The first-order valence-electron chi connectivity index (χ1n) is 7.90. The van der Waals surface area contributed by atoms with Gasteiger partial charge in [0.15, 0.2) is 0 Å². The minimum absolute atomic E-state index is 0.225. The molecule has 0 amide bonds. The van der Waals surface area contributed by atoms with E-state index in [1.807, 2.05) is 6.92 Å². The molecule has 1 heterocycles. The fourth-order valence-corrected chi connectivity index (χ4v) is 4.01. The molecule has 0 saturated carbocycles. The zero-order valence-corrected chi connectivity index (χ0v) is 13.2. The van der Waals surface area contributed by atoms with Crippen LogP contribution in [0.5, 0.6) is 0 Å². The van der Waals surface area contributed by atoms with Crippen molar-refractivity contribution >= 4 is 5.97 Å². The third-order valence-corrected chi connectivity index (χ3v) is 5.55. The lowest BCUT2D eigenvalue weighted by Crippen LogP contribution is -2.37. The zero-order valence-electron chi connectivity index (χ0n) is 13.2. The average Bonchev–Trinajstić information content (AvgIpc) is 2.83. The number of nitrogens with zero attached hydrogens (tertiary/aromatic N) is 1. The number of carboxylic acid groups (broad SMARTS) is 1. The van der Waals surface area contributed by atoms with Crippen molar-refractivity contribution in [2.24, 2.45) is 5.41 Å². The Morgan fingerprint density at radius 3 is 2.62 bits per heavy atom. The van der Waals surface area contributed by atoms with Crippen LogP contribution in [-0.2, 0) is 10.2 Å². The van der Waals surface area contributed by atoms with Crippen LogP contribution in [0.2, 0.25) is 0 Å². The van der Waals surface area contributed by atoms with Gasteiger partial charge in [-0.15, -0.1) is 0 Å². The molecule has 2 aliphatic rings. The summed E-state index contributed by atoms with van der Waals surface area (Å²) >= 11 is 0. The smallest absolute Gasteiger partial charge is 0.310 e. The molecule has 1 N–H and O–H groups in total. The van der Waals surface area contributed by atoms with Crippen molar-refractivity contribution in [1.29, 1.82) is 0 Å². The first-order valence-corrected chi connectivity index (χ1v) is 7.90. The van der Waals surface area contributed by atoms with E-state index in [2.05, 4.69) is 43.0 Å². The van der Waals surface area contributed by atoms with E-state index in [9.17, 15) is 9.90 Å². The van der Waals surface area contributed by atoms with Crippen molar-refractivity contribution < 1.29 is 9.90 Å².